The molecular weight excluding hydrogens is 248 g/mol. The number of hydrogen-bond acceptors (Lipinski definition) is 3. The van der Waals surface area contributed by atoms with Crippen molar-refractivity contribution >= 4 is 0 Å². The van der Waals surface area contributed by atoms with Crippen molar-refractivity contribution in [1.82, 2.24) is 10.3 Å². The summed E-state index contributed by atoms with van der Waals surface area (Å²) in [5.41, 5.74) is 2.41. The molecule has 1 aromatic heterocycles. The van der Waals surface area contributed by atoms with Gasteiger partial charge in [0, 0.05) is 18.4 Å². The first-order valence-electron chi connectivity index (χ1n) is 7.23. The van der Waals surface area contributed by atoms with E-state index in [4.69, 9.17) is 0 Å². The number of rotatable bonds is 4. The summed E-state index contributed by atoms with van der Waals surface area (Å²) in [6.07, 6.45) is 6.43. The molecule has 0 saturated heterocycles. The number of nitrogens with zero attached hydrogens (tertiary/aromatic N) is 1. The minimum absolute atomic E-state index is 0.108. The van der Waals surface area contributed by atoms with Crippen LogP contribution >= 0.6 is 0 Å². The van der Waals surface area contributed by atoms with Crippen LogP contribution in [0.1, 0.15) is 36.4 Å². The zero-order chi connectivity index (χ0) is 13.8. The highest BCUT2D eigenvalue weighted by Crippen LogP contribution is 2.26. The monoisotopic (exact) mass is 268 g/mol. The second-order valence-electron chi connectivity index (χ2n) is 5.40. The maximum atomic E-state index is 10.1. The van der Waals surface area contributed by atoms with E-state index < -0.39 is 0 Å². The van der Waals surface area contributed by atoms with Gasteiger partial charge >= 0.3 is 0 Å². The summed E-state index contributed by atoms with van der Waals surface area (Å²) in [6, 6.07) is 14.7. The average Bonchev–Trinajstić information content (AvgIpc) is 2.92. The van der Waals surface area contributed by atoms with E-state index >= 15 is 0 Å². The summed E-state index contributed by atoms with van der Waals surface area (Å²) < 4.78 is 0. The standard InChI is InChI=1S/C17H20N2O/c20-16-8-4-7-15(16)19-17(13-5-2-1-3-6-13)14-9-11-18-12-10-14/h1-3,5-6,9-12,15-17,19-20H,4,7-8H2/t15-,16-,17?/m0/s1. The highest BCUT2D eigenvalue weighted by atomic mass is 16.3. The summed E-state index contributed by atoms with van der Waals surface area (Å²) in [4.78, 5) is 4.09. The van der Waals surface area contributed by atoms with Crippen molar-refractivity contribution < 1.29 is 5.11 Å². The first-order chi connectivity index (χ1) is 9.84. The van der Waals surface area contributed by atoms with Gasteiger partial charge in [-0.05, 0) is 42.5 Å². The number of aliphatic hydroxyl groups excluding tert-OH is 1. The molecule has 3 heteroatoms. The summed E-state index contributed by atoms with van der Waals surface area (Å²) in [5.74, 6) is 0. The van der Waals surface area contributed by atoms with E-state index in [1.807, 2.05) is 30.6 Å². The fourth-order valence-corrected chi connectivity index (χ4v) is 2.94. The third kappa shape index (κ3) is 2.89. The van der Waals surface area contributed by atoms with E-state index in [1.54, 1.807) is 0 Å². The van der Waals surface area contributed by atoms with E-state index in [-0.39, 0.29) is 18.2 Å². The number of pyridine rings is 1. The van der Waals surface area contributed by atoms with Crippen LogP contribution < -0.4 is 5.32 Å². The fourth-order valence-electron chi connectivity index (χ4n) is 2.94. The van der Waals surface area contributed by atoms with Gasteiger partial charge in [-0.25, -0.2) is 0 Å². The van der Waals surface area contributed by atoms with Gasteiger partial charge in [-0.2, -0.15) is 0 Å². The first kappa shape index (κ1) is 13.3. The van der Waals surface area contributed by atoms with Gasteiger partial charge in [-0.15, -0.1) is 0 Å². The molecule has 0 amide bonds. The van der Waals surface area contributed by atoms with Gasteiger partial charge < -0.3 is 10.4 Å². The lowest BCUT2D eigenvalue weighted by Crippen LogP contribution is -2.38. The van der Waals surface area contributed by atoms with Crippen LogP contribution in [0.3, 0.4) is 0 Å². The molecule has 0 spiro atoms. The van der Waals surface area contributed by atoms with Gasteiger partial charge in [0.15, 0.2) is 0 Å². The van der Waals surface area contributed by atoms with E-state index in [0.717, 1.165) is 19.3 Å². The Kier molecular flexibility index (Phi) is 4.09. The van der Waals surface area contributed by atoms with Crippen molar-refractivity contribution in [3.8, 4) is 0 Å². The smallest absolute Gasteiger partial charge is 0.0693 e. The molecule has 0 aliphatic heterocycles. The van der Waals surface area contributed by atoms with Crippen LogP contribution in [0, 0.1) is 0 Å². The molecule has 0 radical (unpaired) electrons. The lowest BCUT2D eigenvalue weighted by Gasteiger charge is -2.26. The van der Waals surface area contributed by atoms with Crippen molar-refractivity contribution in [1.29, 1.82) is 0 Å². The molecule has 1 aliphatic carbocycles. The molecule has 1 aromatic carbocycles. The van der Waals surface area contributed by atoms with E-state index in [0.29, 0.717) is 0 Å². The summed E-state index contributed by atoms with van der Waals surface area (Å²) in [5, 5.41) is 13.7. The molecule has 1 heterocycles. The quantitative estimate of drug-likeness (QED) is 0.896. The SMILES string of the molecule is O[C@H]1CCC[C@@H]1NC(c1ccccc1)c1ccncc1. The lowest BCUT2D eigenvalue weighted by molar-refractivity contribution is 0.145. The lowest BCUT2D eigenvalue weighted by atomic mass is 9.98. The van der Waals surface area contributed by atoms with E-state index in [9.17, 15) is 5.11 Å². The fraction of sp³-hybridized carbons (Fsp3) is 0.353. The molecule has 0 bridgehead atoms. The minimum atomic E-state index is -0.233. The van der Waals surface area contributed by atoms with Gasteiger partial charge in [-0.3, -0.25) is 4.98 Å². The molecule has 3 nitrogen and oxygen atoms in total. The molecule has 3 atom stereocenters. The Morgan fingerprint density at radius 1 is 1.00 bits per heavy atom. The van der Waals surface area contributed by atoms with E-state index in [2.05, 4.69) is 34.6 Å². The van der Waals surface area contributed by atoms with Gasteiger partial charge in [0.1, 0.15) is 0 Å². The molecule has 2 aromatic rings. The zero-order valence-corrected chi connectivity index (χ0v) is 11.4. The summed E-state index contributed by atoms with van der Waals surface area (Å²) in [6.45, 7) is 0. The number of benzene rings is 1. The van der Waals surface area contributed by atoms with Crippen LogP contribution in [0.2, 0.25) is 0 Å². The molecule has 1 unspecified atom stereocenters. The van der Waals surface area contributed by atoms with Crippen LogP contribution in [-0.4, -0.2) is 22.2 Å². The van der Waals surface area contributed by atoms with Gasteiger partial charge in [0.25, 0.3) is 0 Å². The molecule has 3 rings (SSSR count). The normalized spacial score (nSPS) is 23.6. The number of aromatic nitrogens is 1. The molecular formula is C17H20N2O. The highest BCUT2D eigenvalue weighted by molar-refractivity contribution is 5.30. The highest BCUT2D eigenvalue weighted by Gasteiger charge is 2.28. The third-order valence-electron chi connectivity index (χ3n) is 4.03. The largest absolute Gasteiger partial charge is 0.392 e. The molecule has 104 valence electrons. The van der Waals surface area contributed by atoms with Crippen molar-refractivity contribution in [2.75, 3.05) is 0 Å². The molecule has 20 heavy (non-hydrogen) atoms. The number of aliphatic hydroxyl groups is 1. The number of hydrogen-bond donors (Lipinski definition) is 2. The molecule has 1 saturated carbocycles. The molecule has 1 aliphatic rings. The Hall–Kier alpha value is -1.71. The Morgan fingerprint density at radius 2 is 1.70 bits per heavy atom. The first-order valence-corrected chi connectivity index (χ1v) is 7.23. The second-order valence-corrected chi connectivity index (χ2v) is 5.40. The van der Waals surface area contributed by atoms with Crippen LogP contribution in [0.5, 0.6) is 0 Å². The summed E-state index contributed by atoms with van der Waals surface area (Å²) >= 11 is 0. The van der Waals surface area contributed by atoms with Gasteiger partial charge in [0.2, 0.25) is 0 Å². The average molecular weight is 268 g/mol. The van der Waals surface area contributed by atoms with Crippen molar-refractivity contribution in [3.63, 3.8) is 0 Å². The predicted octanol–water partition coefficient (Wildman–Crippen LogP) is 2.67. The second kappa shape index (κ2) is 6.16. The molecule has 1 fully saturated rings. The Bertz CT molecular complexity index is 490. The Labute approximate surface area is 119 Å². The zero-order valence-electron chi connectivity index (χ0n) is 11.4. The van der Waals surface area contributed by atoms with E-state index in [1.165, 1.54) is 11.1 Å². The maximum absolute atomic E-state index is 10.1. The number of nitrogens with one attached hydrogen (secondary N) is 1. The third-order valence-corrected chi connectivity index (χ3v) is 4.03. The Morgan fingerprint density at radius 3 is 2.35 bits per heavy atom. The Balaban J connectivity index is 1.88. The van der Waals surface area contributed by atoms with Gasteiger partial charge in [0.05, 0.1) is 12.1 Å². The van der Waals surface area contributed by atoms with Crippen molar-refractivity contribution in [2.24, 2.45) is 0 Å². The topological polar surface area (TPSA) is 45.1 Å². The predicted molar refractivity (Wildman–Crippen MR) is 79.3 cm³/mol. The van der Waals surface area contributed by atoms with Crippen molar-refractivity contribution in [3.05, 3.63) is 66.0 Å². The van der Waals surface area contributed by atoms with Crippen LogP contribution in [-0.2, 0) is 0 Å². The van der Waals surface area contributed by atoms with Crippen LogP contribution in [0.15, 0.2) is 54.9 Å². The van der Waals surface area contributed by atoms with Crippen LogP contribution in [0.4, 0.5) is 0 Å². The van der Waals surface area contributed by atoms with Gasteiger partial charge in [-0.1, -0.05) is 30.3 Å². The summed E-state index contributed by atoms with van der Waals surface area (Å²) in [7, 11) is 0. The van der Waals surface area contributed by atoms with Crippen LogP contribution in [0.25, 0.3) is 0 Å². The minimum Gasteiger partial charge on any atom is -0.392 e. The maximum Gasteiger partial charge on any atom is 0.0693 e. The van der Waals surface area contributed by atoms with Crippen molar-refractivity contribution in [2.45, 2.75) is 37.5 Å². The molecule has 2 N–H and O–H groups in total.